The molecule has 5 heteroatoms. The van der Waals surface area contributed by atoms with E-state index in [1.54, 1.807) is 0 Å². The monoisotopic (exact) mass is 318 g/mol. The number of hydrogen-bond acceptors (Lipinski definition) is 0. The first-order valence-electron chi connectivity index (χ1n) is 0. The molecule has 0 rings (SSSR count). The Morgan fingerprint density at radius 1 is 0.600 bits per heavy atom. The second kappa shape index (κ2) is 45.3. The van der Waals surface area contributed by atoms with Crippen molar-refractivity contribution in [3.63, 3.8) is 0 Å². The summed E-state index contributed by atoms with van der Waals surface area (Å²) in [5.74, 6) is 0. The Bertz CT molecular complexity index is 6.85. The molecule has 0 saturated carbocycles. The molecule has 0 aliphatic rings. The summed E-state index contributed by atoms with van der Waals surface area (Å²) in [4.78, 5) is 0. The summed E-state index contributed by atoms with van der Waals surface area (Å²) in [5.41, 5.74) is 0. The van der Waals surface area contributed by atoms with Crippen LogP contribution in [-0.2, 0) is 68.5 Å². The van der Waals surface area contributed by atoms with Crippen molar-refractivity contribution in [2.24, 2.45) is 0 Å². The zero-order valence-corrected chi connectivity index (χ0v) is 8.28. The van der Waals surface area contributed by atoms with E-state index in [-0.39, 0.29) is 68.5 Å². The SMILES string of the molecule is [Hf+4].[O-2].[O-2].[O-2].[Zr+4]. The average molecular weight is 318 g/mol. The van der Waals surface area contributed by atoms with Gasteiger partial charge < -0.3 is 16.4 Å². The molecule has 0 unspecified atom stereocenters. The van der Waals surface area contributed by atoms with Gasteiger partial charge in [-0.3, -0.25) is 0 Å². The molecule has 0 fully saturated rings. The van der Waals surface area contributed by atoms with Crippen molar-refractivity contribution in [3.05, 3.63) is 0 Å². The van der Waals surface area contributed by atoms with Gasteiger partial charge in [0.15, 0.2) is 0 Å². The molecule has 0 N–H and O–H groups in total. The van der Waals surface area contributed by atoms with Crippen LogP contribution in [0.2, 0.25) is 0 Å². The van der Waals surface area contributed by atoms with Gasteiger partial charge in [-0.1, -0.05) is 0 Å². The van der Waals surface area contributed by atoms with Gasteiger partial charge in [0.05, 0.1) is 0 Å². The molecule has 0 spiro atoms. The maximum Gasteiger partial charge on any atom is 4.00 e. The van der Waals surface area contributed by atoms with Crippen molar-refractivity contribution in [1.29, 1.82) is 0 Å². The van der Waals surface area contributed by atoms with E-state index in [0.717, 1.165) is 0 Å². The first-order chi connectivity index (χ1) is 0. The summed E-state index contributed by atoms with van der Waals surface area (Å²) in [6, 6.07) is 0. The molecule has 0 heterocycles. The van der Waals surface area contributed by atoms with E-state index in [1.165, 1.54) is 0 Å². The summed E-state index contributed by atoms with van der Waals surface area (Å²) in [6.45, 7) is 0. The molecule has 0 aromatic carbocycles. The van der Waals surface area contributed by atoms with Crippen molar-refractivity contribution < 1.29 is 68.5 Å². The Labute approximate surface area is 68.0 Å². The fraction of sp³-hybridized carbons (Fsp3) is 0. The van der Waals surface area contributed by atoms with Crippen molar-refractivity contribution in [2.75, 3.05) is 0 Å². The standard InChI is InChI=1S/Hf.3O.Zr/q+4;3*-2;+4. The molecule has 0 saturated heterocycles. The average Bonchev–Trinajstić information content (AvgIpc) is 0. The van der Waals surface area contributed by atoms with Crippen LogP contribution in [0.4, 0.5) is 0 Å². The first-order valence-corrected chi connectivity index (χ1v) is 0. The molecule has 0 amide bonds. The minimum Gasteiger partial charge on any atom is -2.00 e. The molecule has 0 aromatic heterocycles. The molecule has 0 atom stereocenters. The van der Waals surface area contributed by atoms with Crippen LogP contribution in [0.5, 0.6) is 0 Å². The summed E-state index contributed by atoms with van der Waals surface area (Å²) in [7, 11) is 0. The summed E-state index contributed by atoms with van der Waals surface area (Å²) in [6.07, 6.45) is 0. The van der Waals surface area contributed by atoms with Crippen molar-refractivity contribution in [2.45, 2.75) is 0 Å². The predicted molar refractivity (Wildman–Crippen MR) is 2.06 cm³/mol. The Morgan fingerprint density at radius 3 is 0.600 bits per heavy atom. The van der Waals surface area contributed by atoms with Crippen LogP contribution in [0, 0.1) is 0 Å². The van der Waals surface area contributed by atoms with Gasteiger partial charge in [-0.15, -0.1) is 0 Å². The Balaban J connectivity index is 0. The largest absolute Gasteiger partial charge is 4.00 e. The third kappa shape index (κ3) is 27.9. The van der Waals surface area contributed by atoms with Gasteiger partial charge in [-0.25, -0.2) is 0 Å². The Kier molecular flexibility index (Phi) is 715. The van der Waals surface area contributed by atoms with Crippen LogP contribution in [0.15, 0.2) is 0 Å². The van der Waals surface area contributed by atoms with Crippen LogP contribution in [0.3, 0.4) is 0 Å². The molecule has 0 aliphatic heterocycles. The fourth-order valence-corrected chi connectivity index (χ4v) is 0. The summed E-state index contributed by atoms with van der Waals surface area (Å²) < 4.78 is 0. The van der Waals surface area contributed by atoms with Crippen molar-refractivity contribution >= 4 is 0 Å². The minimum atomic E-state index is 0. The van der Waals surface area contributed by atoms with E-state index in [1.807, 2.05) is 0 Å². The zero-order chi connectivity index (χ0) is 0. The van der Waals surface area contributed by atoms with E-state index >= 15 is 0 Å². The molecule has 24 valence electrons. The van der Waals surface area contributed by atoms with Gasteiger partial charge in [-0.2, -0.15) is 0 Å². The predicted octanol–water partition coefficient (Wildman–Crippen LogP) is -0.361. The quantitative estimate of drug-likeness (QED) is 0.546. The minimum absolute atomic E-state index is 0. The first kappa shape index (κ1) is 78.9. The molecule has 0 aromatic rings. The van der Waals surface area contributed by atoms with Gasteiger partial charge in [0.1, 0.15) is 0 Å². The van der Waals surface area contributed by atoms with Crippen LogP contribution in [0.25, 0.3) is 0 Å². The van der Waals surface area contributed by atoms with E-state index in [4.69, 9.17) is 0 Å². The Morgan fingerprint density at radius 2 is 0.600 bits per heavy atom. The maximum atomic E-state index is 0. The normalized spacial score (nSPS) is 0. The van der Waals surface area contributed by atoms with Gasteiger partial charge in [0.2, 0.25) is 0 Å². The Hall–Kier alpha value is 1.63. The summed E-state index contributed by atoms with van der Waals surface area (Å²) in [5, 5.41) is 0. The third-order valence-electron chi connectivity index (χ3n) is 0. The van der Waals surface area contributed by atoms with Crippen molar-refractivity contribution in [1.82, 2.24) is 0 Å². The zero-order valence-electron chi connectivity index (χ0n) is 2.22. The van der Waals surface area contributed by atoms with E-state index in [0.29, 0.717) is 0 Å². The van der Waals surface area contributed by atoms with E-state index < -0.39 is 0 Å². The number of hydrogen-bond donors (Lipinski definition) is 0. The van der Waals surface area contributed by atoms with Gasteiger partial charge in [0.25, 0.3) is 0 Å². The van der Waals surface area contributed by atoms with Gasteiger partial charge in [-0.05, 0) is 0 Å². The van der Waals surface area contributed by atoms with Crippen LogP contribution >= 0.6 is 0 Å². The van der Waals surface area contributed by atoms with Crippen LogP contribution in [0.1, 0.15) is 0 Å². The molecule has 3 nitrogen and oxygen atoms in total. The smallest absolute Gasteiger partial charge is 2.00 e. The molecule has 0 bridgehead atoms. The third-order valence-corrected chi connectivity index (χ3v) is 0. The molecular weight excluding hydrogens is 318 g/mol. The maximum absolute atomic E-state index is 0. The molecule has 0 radical (unpaired) electrons. The molecular formula is HfO3Zr+2. The van der Waals surface area contributed by atoms with Crippen LogP contribution < -0.4 is 0 Å². The van der Waals surface area contributed by atoms with Gasteiger partial charge >= 0.3 is 52.0 Å². The summed E-state index contributed by atoms with van der Waals surface area (Å²) >= 11 is 0. The number of rotatable bonds is 0. The fourth-order valence-electron chi connectivity index (χ4n) is 0. The van der Waals surface area contributed by atoms with E-state index in [2.05, 4.69) is 0 Å². The van der Waals surface area contributed by atoms with Crippen molar-refractivity contribution in [3.8, 4) is 0 Å². The van der Waals surface area contributed by atoms with Gasteiger partial charge in [0, 0.05) is 0 Å². The van der Waals surface area contributed by atoms with E-state index in [9.17, 15) is 0 Å². The molecule has 0 aliphatic carbocycles. The topological polar surface area (TPSA) is 85.5 Å². The second-order valence-electron chi connectivity index (χ2n) is 0. The van der Waals surface area contributed by atoms with Crippen LogP contribution in [-0.4, -0.2) is 0 Å². The molecule has 5 heavy (non-hydrogen) atoms. The second-order valence-corrected chi connectivity index (χ2v) is 0.